The number of benzene rings is 12. The van der Waals surface area contributed by atoms with Crippen LogP contribution >= 0.6 is 15.8 Å². The molecule has 0 N–H and O–H groups in total. The Labute approximate surface area is 421 Å². The SMILES string of the molecule is [Au+].[Au+].[C-]#Cc1cc2cccc3ccc4cccc1c4c32.[C-]#Cc1cc2cccc3ccc4cccc1c4c32.c1ccc([PH+](CC[PH+](c2ccccc2)c2ccccc2)c2ccccc2)cc1. The van der Waals surface area contributed by atoms with Crippen LogP contribution in [0.2, 0.25) is 0 Å². The second-order valence-corrected chi connectivity index (χ2v) is 21.3. The average molecular weight is 1240 g/mol. The molecule has 322 valence electrons. The smallest absolute Gasteiger partial charge is 0.366 e. The molecule has 0 nitrogen and oxygen atoms in total. The Morgan fingerprint density at radius 2 is 0.561 bits per heavy atom. The van der Waals surface area contributed by atoms with Crippen LogP contribution < -0.4 is 21.2 Å². The Bertz CT molecular complexity index is 3260. The van der Waals surface area contributed by atoms with Crippen molar-refractivity contribution in [2.45, 2.75) is 0 Å². The molecule has 0 amide bonds. The summed E-state index contributed by atoms with van der Waals surface area (Å²) in [5, 5.41) is 20.7. The second-order valence-electron chi connectivity index (χ2n) is 16.1. The predicted octanol–water partition coefficient (Wildman–Crippen LogP) is 13.8. The summed E-state index contributed by atoms with van der Waals surface area (Å²) in [7, 11) is -1.57. The van der Waals surface area contributed by atoms with E-state index in [1.165, 1.54) is 87.4 Å². The fourth-order valence-corrected chi connectivity index (χ4v) is 15.6. The monoisotopic (exact) mass is 1240 g/mol. The van der Waals surface area contributed by atoms with E-state index in [0.29, 0.717) is 0 Å². The standard InChI is InChI=1S/C26H24P2.2C18H9.2Au/c1-5-13-23(14-6-1)27(24-15-7-2-8-16-24)21-22-28(25-17-9-3-10-18-25)26-19-11-4-12-20-26;2*1-2-12-11-15-7-3-5-13-9-10-14-6-4-8-16(12)18(14)17(13)15;;/h1-20H,21-22H2;2*3-11H;;/q;2*-1;2*+1/p+2. The van der Waals surface area contributed by atoms with Crippen LogP contribution in [-0.2, 0) is 44.8 Å². The number of hydrogen-bond acceptors (Lipinski definition) is 0. The molecule has 0 atom stereocenters. The van der Waals surface area contributed by atoms with E-state index in [1.54, 1.807) is 0 Å². The number of rotatable bonds is 7. The normalized spacial score (nSPS) is 10.8. The van der Waals surface area contributed by atoms with Crippen molar-refractivity contribution < 1.29 is 44.8 Å². The van der Waals surface area contributed by atoms with Gasteiger partial charge in [0, 0.05) is 0 Å². The Morgan fingerprint density at radius 1 is 0.288 bits per heavy atom. The fourth-order valence-electron chi connectivity index (χ4n) is 9.45. The molecular formula is C62H44Au2P2+2. The van der Waals surface area contributed by atoms with E-state index in [9.17, 15) is 0 Å². The Kier molecular flexibility index (Phi) is 15.3. The summed E-state index contributed by atoms with van der Waals surface area (Å²) in [5.41, 5.74) is 1.73. The van der Waals surface area contributed by atoms with E-state index in [-0.39, 0.29) is 44.8 Å². The van der Waals surface area contributed by atoms with Gasteiger partial charge < -0.3 is 12.8 Å². The molecule has 0 heterocycles. The predicted molar refractivity (Wildman–Crippen MR) is 283 cm³/mol. The first-order chi connectivity index (χ1) is 31.7. The maximum Gasteiger partial charge on any atom is 1.00 e. The first-order valence-corrected chi connectivity index (χ1v) is 25.2. The van der Waals surface area contributed by atoms with Gasteiger partial charge in [0.25, 0.3) is 0 Å². The minimum Gasteiger partial charge on any atom is -0.366 e. The van der Waals surface area contributed by atoms with Crippen LogP contribution in [0.25, 0.3) is 64.6 Å². The second kappa shape index (κ2) is 21.7. The summed E-state index contributed by atoms with van der Waals surface area (Å²) in [6, 6.07) is 82.4. The minimum absolute atomic E-state index is 0. The van der Waals surface area contributed by atoms with E-state index in [0.717, 1.165) is 21.9 Å². The van der Waals surface area contributed by atoms with Crippen molar-refractivity contribution in [3.63, 3.8) is 0 Å². The van der Waals surface area contributed by atoms with Gasteiger partial charge in [0.05, 0.1) is 37.1 Å². The molecule has 0 aromatic heterocycles. The molecule has 66 heavy (non-hydrogen) atoms. The van der Waals surface area contributed by atoms with Gasteiger partial charge in [0.2, 0.25) is 0 Å². The zero-order valence-electron chi connectivity index (χ0n) is 36.0. The van der Waals surface area contributed by atoms with E-state index in [1.807, 2.05) is 12.1 Å². The summed E-state index contributed by atoms with van der Waals surface area (Å²) >= 11 is 0. The molecule has 0 saturated carbocycles. The maximum atomic E-state index is 7.48. The molecule has 0 aliphatic heterocycles. The molecule has 0 bridgehead atoms. The van der Waals surface area contributed by atoms with Gasteiger partial charge in [0.15, 0.2) is 0 Å². The first kappa shape index (κ1) is 46.7. The first-order valence-electron chi connectivity index (χ1n) is 21.8. The van der Waals surface area contributed by atoms with Gasteiger partial charge in [-0.15, -0.1) is 23.3 Å². The third-order valence-corrected chi connectivity index (χ3v) is 18.5. The largest absolute Gasteiger partial charge is 1.00 e. The van der Waals surface area contributed by atoms with Crippen LogP contribution in [0.4, 0.5) is 0 Å². The zero-order chi connectivity index (χ0) is 43.2. The summed E-state index contributed by atoms with van der Waals surface area (Å²) in [5.74, 6) is 5.12. The van der Waals surface area contributed by atoms with Crippen LogP contribution in [-0.4, -0.2) is 12.3 Å². The van der Waals surface area contributed by atoms with Crippen molar-refractivity contribution in [2.24, 2.45) is 0 Å². The zero-order valence-corrected chi connectivity index (χ0v) is 42.3. The fraction of sp³-hybridized carbons (Fsp3) is 0.0323. The van der Waals surface area contributed by atoms with Crippen molar-refractivity contribution in [1.29, 1.82) is 0 Å². The molecule has 0 fully saturated rings. The Hall–Kier alpha value is -5.82. The van der Waals surface area contributed by atoms with Crippen molar-refractivity contribution in [2.75, 3.05) is 12.3 Å². The van der Waals surface area contributed by atoms with E-state index in [2.05, 4.69) is 230 Å². The average Bonchev–Trinajstić information content (AvgIpc) is 3.37. The third-order valence-electron chi connectivity index (χ3n) is 12.4. The van der Waals surface area contributed by atoms with Crippen LogP contribution in [0.15, 0.2) is 231 Å². The summed E-state index contributed by atoms with van der Waals surface area (Å²) in [4.78, 5) is 0. The topological polar surface area (TPSA) is 0 Å². The molecular weight excluding hydrogens is 1200 g/mol. The van der Waals surface area contributed by atoms with Gasteiger partial charge in [0.1, 0.15) is 12.3 Å². The molecule has 12 rings (SSSR count). The van der Waals surface area contributed by atoms with E-state index >= 15 is 0 Å². The summed E-state index contributed by atoms with van der Waals surface area (Å²) in [6.45, 7) is 0. The van der Waals surface area contributed by atoms with Crippen molar-refractivity contribution in [3.05, 3.63) is 254 Å². The Morgan fingerprint density at radius 3 is 0.864 bits per heavy atom. The van der Waals surface area contributed by atoms with E-state index in [4.69, 9.17) is 12.8 Å². The van der Waals surface area contributed by atoms with Gasteiger partial charge in [-0.3, -0.25) is 11.8 Å². The van der Waals surface area contributed by atoms with Crippen molar-refractivity contribution in [1.82, 2.24) is 0 Å². The van der Waals surface area contributed by atoms with Crippen molar-refractivity contribution >= 4 is 102 Å². The third kappa shape index (κ3) is 9.54. The molecule has 12 aromatic rings. The molecule has 0 unspecified atom stereocenters. The molecule has 0 aliphatic carbocycles. The van der Waals surface area contributed by atoms with E-state index < -0.39 is 15.8 Å². The minimum atomic E-state index is -0.783. The number of hydrogen-bond donors (Lipinski definition) is 0. The van der Waals surface area contributed by atoms with Crippen LogP contribution in [0.5, 0.6) is 0 Å². The Balaban J connectivity index is 0.000000137. The molecule has 0 saturated heterocycles. The van der Waals surface area contributed by atoms with Crippen LogP contribution in [0.1, 0.15) is 11.1 Å². The van der Waals surface area contributed by atoms with Gasteiger partial charge >= 0.3 is 44.8 Å². The van der Waals surface area contributed by atoms with Gasteiger partial charge in [-0.25, -0.2) is 0 Å². The molecule has 0 spiro atoms. The van der Waals surface area contributed by atoms with Crippen LogP contribution in [0.3, 0.4) is 0 Å². The summed E-state index contributed by atoms with van der Waals surface area (Å²) in [6.07, 6.45) is 17.5. The van der Waals surface area contributed by atoms with Gasteiger partial charge in [-0.1, -0.05) is 181 Å². The van der Waals surface area contributed by atoms with Crippen molar-refractivity contribution in [3.8, 4) is 11.8 Å². The molecule has 12 aromatic carbocycles. The molecule has 0 aliphatic rings. The molecule has 4 heteroatoms. The van der Waals surface area contributed by atoms with Gasteiger partial charge in [-0.2, -0.15) is 0 Å². The van der Waals surface area contributed by atoms with Crippen LogP contribution in [0, 0.1) is 24.7 Å². The summed E-state index contributed by atoms with van der Waals surface area (Å²) < 4.78 is 0. The quantitative estimate of drug-likeness (QED) is 0.0490. The van der Waals surface area contributed by atoms with Gasteiger partial charge in [-0.05, 0) is 102 Å². The molecule has 0 radical (unpaired) electrons. The maximum absolute atomic E-state index is 7.48.